The van der Waals surface area contributed by atoms with E-state index in [-0.39, 0.29) is 17.7 Å². The molecule has 28 heavy (non-hydrogen) atoms. The molecule has 4 heterocycles. The normalized spacial score (nSPS) is 16.7. The van der Waals surface area contributed by atoms with Gasteiger partial charge in [-0.05, 0) is 36.6 Å². The topological polar surface area (TPSA) is 106 Å². The minimum Gasteiger partial charge on any atom is -0.459 e. The summed E-state index contributed by atoms with van der Waals surface area (Å²) in [5.74, 6) is 0.509. The number of furan rings is 1. The Kier molecular flexibility index (Phi) is 5.14. The summed E-state index contributed by atoms with van der Waals surface area (Å²) in [6.45, 7) is 1.41. The van der Waals surface area contributed by atoms with Crippen molar-refractivity contribution in [3.05, 3.63) is 60.7 Å². The number of nitrogens with zero attached hydrogens (tertiary/aromatic N) is 5. The van der Waals surface area contributed by atoms with E-state index in [2.05, 4.69) is 20.4 Å². The summed E-state index contributed by atoms with van der Waals surface area (Å²) in [6.07, 6.45) is 7.74. The highest BCUT2D eigenvalue weighted by Crippen LogP contribution is 2.19. The Bertz CT molecular complexity index is 921. The fourth-order valence-electron chi connectivity index (χ4n) is 3.25. The lowest BCUT2D eigenvalue weighted by Crippen LogP contribution is -2.45. The van der Waals surface area contributed by atoms with Crippen molar-refractivity contribution < 1.29 is 14.0 Å². The third-order valence-electron chi connectivity index (χ3n) is 4.74. The predicted octanol–water partition coefficient (Wildman–Crippen LogP) is 1.42. The molecule has 0 unspecified atom stereocenters. The first kappa shape index (κ1) is 17.9. The Morgan fingerprint density at radius 2 is 2.21 bits per heavy atom. The van der Waals surface area contributed by atoms with Crippen LogP contribution in [0.3, 0.4) is 0 Å². The summed E-state index contributed by atoms with van der Waals surface area (Å²) < 4.78 is 6.74. The number of hydrogen-bond donors (Lipinski definition) is 1. The van der Waals surface area contributed by atoms with Crippen molar-refractivity contribution in [1.29, 1.82) is 0 Å². The van der Waals surface area contributed by atoms with Crippen LogP contribution in [-0.4, -0.2) is 49.6 Å². The highest BCUT2D eigenvalue weighted by atomic mass is 16.3. The van der Waals surface area contributed by atoms with Crippen LogP contribution in [0.25, 0.3) is 5.82 Å². The standard InChI is InChI=1S/C19H20N6O3/c26-18(15-3-1-7-24(11-15)19(27)16-4-2-8-28-16)22-10-14-5-6-17(21-9-14)25-13-20-12-23-25/h2,4-6,8-9,12-13,15H,1,3,7,10-11H2,(H,22,26)/t15-/m1/s1. The summed E-state index contributed by atoms with van der Waals surface area (Å²) in [5, 5.41) is 6.97. The highest BCUT2D eigenvalue weighted by molar-refractivity contribution is 5.92. The molecule has 1 aliphatic rings. The molecule has 1 atom stereocenters. The molecule has 0 aromatic carbocycles. The van der Waals surface area contributed by atoms with E-state index in [1.807, 2.05) is 12.1 Å². The minimum atomic E-state index is -0.227. The zero-order chi connectivity index (χ0) is 19.3. The van der Waals surface area contributed by atoms with Crippen LogP contribution < -0.4 is 5.32 Å². The van der Waals surface area contributed by atoms with Crippen LogP contribution in [0.4, 0.5) is 0 Å². The second-order valence-corrected chi connectivity index (χ2v) is 6.65. The molecule has 3 aromatic rings. The first-order valence-corrected chi connectivity index (χ1v) is 9.11. The van der Waals surface area contributed by atoms with Crippen LogP contribution in [0.1, 0.15) is 29.0 Å². The van der Waals surface area contributed by atoms with E-state index in [1.165, 1.54) is 12.6 Å². The first-order chi connectivity index (χ1) is 13.7. The lowest BCUT2D eigenvalue weighted by molar-refractivity contribution is -0.126. The monoisotopic (exact) mass is 380 g/mol. The van der Waals surface area contributed by atoms with E-state index in [0.717, 1.165) is 18.4 Å². The number of likely N-dealkylation sites (tertiary alicyclic amines) is 1. The smallest absolute Gasteiger partial charge is 0.289 e. The van der Waals surface area contributed by atoms with Gasteiger partial charge in [-0.1, -0.05) is 6.07 Å². The molecule has 2 amide bonds. The zero-order valence-electron chi connectivity index (χ0n) is 15.2. The molecular formula is C19H20N6O3. The van der Waals surface area contributed by atoms with Crippen LogP contribution >= 0.6 is 0 Å². The molecule has 1 aliphatic heterocycles. The average Bonchev–Trinajstić information content (AvgIpc) is 3.46. The van der Waals surface area contributed by atoms with Gasteiger partial charge in [-0.2, -0.15) is 5.10 Å². The fraction of sp³-hybridized carbons (Fsp3) is 0.316. The maximum atomic E-state index is 12.6. The van der Waals surface area contributed by atoms with Gasteiger partial charge in [0, 0.05) is 25.8 Å². The van der Waals surface area contributed by atoms with Gasteiger partial charge in [0.1, 0.15) is 12.7 Å². The van der Waals surface area contributed by atoms with Crippen molar-refractivity contribution in [2.75, 3.05) is 13.1 Å². The summed E-state index contributed by atoms with van der Waals surface area (Å²) in [6, 6.07) is 7.03. The molecule has 0 spiro atoms. The second-order valence-electron chi connectivity index (χ2n) is 6.65. The van der Waals surface area contributed by atoms with Gasteiger partial charge in [-0.3, -0.25) is 9.59 Å². The van der Waals surface area contributed by atoms with Gasteiger partial charge in [-0.15, -0.1) is 0 Å². The Labute approximate surface area is 161 Å². The third kappa shape index (κ3) is 3.93. The molecule has 9 heteroatoms. The van der Waals surface area contributed by atoms with Gasteiger partial charge in [0.15, 0.2) is 11.6 Å². The molecule has 4 rings (SSSR count). The maximum absolute atomic E-state index is 12.6. The van der Waals surface area contributed by atoms with Crippen molar-refractivity contribution in [2.24, 2.45) is 5.92 Å². The van der Waals surface area contributed by atoms with Gasteiger partial charge in [-0.25, -0.2) is 14.6 Å². The quantitative estimate of drug-likeness (QED) is 0.718. The average molecular weight is 380 g/mol. The molecule has 1 fully saturated rings. The van der Waals surface area contributed by atoms with E-state index in [1.54, 1.807) is 34.2 Å². The lowest BCUT2D eigenvalue weighted by Gasteiger charge is -2.31. The fourth-order valence-corrected chi connectivity index (χ4v) is 3.25. The largest absolute Gasteiger partial charge is 0.459 e. The molecule has 9 nitrogen and oxygen atoms in total. The molecule has 0 saturated carbocycles. The van der Waals surface area contributed by atoms with Crippen molar-refractivity contribution in [3.8, 4) is 5.82 Å². The van der Waals surface area contributed by atoms with Gasteiger partial charge in [0.05, 0.1) is 12.2 Å². The molecule has 144 valence electrons. The molecular weight excluding hydrogens is 360 g/mol. The number of hydrogen-bond acceptors (Lipinski definition) is 6. The number of carbonyl (C=O) groups excluding carboxylic acids is 2. The van der Waals surface area contributed by atoms with E-state index >= 15 is 0 Å². The van der Waals surface area contributed by atoms with E-state index in [9.17, 15) is 9.59 Å². The molecule has 0 bridgehead atoms. The van der Waals surface area contributed by atoms with Crippen LogP contribution in [0.15, 0.2) is 53.8 Å². The number of rotatable bonds is 5. The van der Waals surface area contributed by atoms with Crippen LogP contribution in [0.5, 0.6) is 0 Å². The van der Waals surface area contributed by atoms with Gasteiger partial charge in [0.2, 0.25) is 5.91 Å². The summed E-state index contributed by atoms with van der Waals surface area (Å²) in [7, 11) is 0. The number of piperidine rings is 1. The number of pyridine rings is 1. The van der Waals surface area contributed by atoms with E-state index in [0.29, 0.717) is 31.2 Å². The van der Waals surface area contributed by atoms with E-state index in [4.69, 9.17) is 4.42 Å². The van der Waals surface area contributed by atoms with Crippen molar-refractivity contribution in [3.63, 3.8) is 0 Å². The maximum Gasteiger partial charge on any atom is 0.289 e. The Balaban J connectivity index is 1.31. The van der Waals surface area contributed by atoms with Gasteiger partial charge in [0.25, 0.3) is 5.91 Å². The number of nitrogens with one attached hydrogen (secondary N) is 1. The van der Waals surface area contributed by atoms with Crippen molar-refractivity contribution in [2.45, 2.75) is 19.4 Å². The number of amides is 2. The summed E-state index contributed by atoms with van der Waals surface area (Å²) >= 11 is 0. The SMILES string of the molecule is O=C(NCc1ccc(-n2cncn2)nc1)[C@@H]1CCCN(C(=O)c2ccco2)C1. The van der Waals surface area contributed by atoms with E-state index < -0.39 is 0 Å². The third-order valence-corrected chi connectivity index (χ3v) is 4.74. The Morgan fingerprint density at radius 3 is 2.93 bits per heavy atom. The second kappa shape index (κ2) is 8.03. The molecule has 3 aromatic heterocycles. The van der Waals surface area contributed by atoms with Crippen LogP contribution in [0.2, 0.25) is 0 Å². The minimum absolute atomic E-state index is 0.0581. The zero-order valence-corrected chi connectivity index (χ0v) is 15.2. The van der Waals surface area contributed by atoms with Crippen LogP contribution in [-0.2, 0) is 11.3 Å². The van der Waals surface area contributed by atoms with Crippen LogP contribution in [0, 0.1) is 5.92 Å². The summed E-state index contributed by atoms with van der Waals surface area (Å²) in [5.41, 5.74) is 0.886. The Morgan fingerprint density at radius 1 is 1.29 bits per heavy atom. The van der Waals surface area contributed by atoms with Crippen molar-refractivity contribution in [1.82, 2.24) is 30.0 Å². The molecule has 1 saturated heterocycles. The number of aromatic nitrogens is 4. The Hall–Kier alpha value is -3.49. The van der Waals surface area contributed by atoms with Gasteiger partial charge >= 0.3 is 0 Å². The predicted molar refractivity (Wildman–Crippen MR) is 98.3 cm³/mol. The molecule has 0 radical (unpaired) electrons. The lowest BCUT2D eigenvalue weighted by atomic mass is 9.97. The van der Waals surface area contributed by atoms with Gasteiger partial charge < -0.3 is 14.6 Å². The molecule has 1 N–H and O–H groups in total. The number of carbonyl (C=O) groups is 2. The first-order valence-electron chi connectivity index (χ1n) is 9.11. The van der Waals surface area contributed by atoms with Crippen molar-refractivity contribution >= 4 is 11.8 Å². The highest BCUT2D eigenvalue weighted by Gasteiger charge is 2.29. The molecule has 0 aliphatic carbocycles. The summed E-state index contributed by atoms with van der Waals surface area (Å²) in [4.78, 5) is 34.9.